The van der Waals surface area contributed by atoms with Crippen LogP contribution < -0.4 is 0 Å². The van der Waals surface area contributed by atoms with Crippen LogP contribution in [-0.2, 0) is 0 Å². The molecule has 0 aromatic heterocycles. The summed E-state index contributed by atoms with van der Waals surface area (Å²) in [6.45, 7) is 2.12. The van der Waals surface area contributed by atoms with Crippen LogP contribution in [0.2, 0.25) is 0 Å². The van der Waals surface area contributed by atoms with Gasteiger partial charge in [0.2, 0.25) is 0 Å². The lowest BCUT2D eigenvalue weighted by Crippen LogP contribution is -2.19. The van der Waals surface area contributed by atoms with Gasteiger partial charge >= 0.3 is 0 Å². The van der Waals surface area contributed by atoms with Gasteiger partial charge in [-0.3, -0.25) is 0 Å². The summed E-state index contributed by atoms with van der Waals surface area (Å²) in [5.74, 6) is 0. The predicted molar refractivity (Wildman–Crippen MR) is 59.8 cm³/mol. The van der Waals surface area contributed by atoms with Crippen LogP contribution in [0.15, 0.2) is 54.3 Å². The Labute approximate surface area is 85.4 Å². The summed E-state index contributed by atoms with van der Waals surface area (Å²) in [4.78, 5) is 2.24. The second-order valence-corrected chi connectivity index (χ2v) is 3.75. The third kappa shape index (κ3) is 1.72. The summed E-state index contributed by atoms with van der Waals surface area (Å²) < 4.78 is 0. The molecule has 1 aliphatic heterocycles. The minimum atomic E-state index is 0.389. The van der Waals surface area contributed by atoms with Gasteiger partial charge in [0.1, 0.15) is 0 Å². The van der Waals surface area contributed by atoms with Gasteiger partial charge in [0.25, 0.3) is 0 Å². The molecule has 0 radical (unpaired) electrons. The Morgan fingerprint density at radius 2 is 1.86 bits per heavy atom. The van der Waals surface area contributed by atoms with E-state index in [0.29, 0.717) is 6.04 Å². The van der Waals surface area contributed by atoms with E-state index >= 15 is 0 Å². The van der Waals surface area contributed by atoms with Gasteiger partial charge in [-0.1, -0.05) is 42.5 Å². The lowest BCUT2D eigenvalue weighted by molar-refractivity contribution is 0.386. The SMILES string of the molecule is CC1=CN(C)C(c2ccccc2)C=C1. The number of benzene rings is 1. The van der Waals surface area contributed by atoms with Gasteiger partial charge in [-0.2, -0.15) is 0 Å². The molecule has 1 atom stereocenters. The number of hydrogen-bond donors (Lipinski definition) is 0. The summed E-state index contributed by atoms with van der Waals surface area (Å²) in [6.07, 6.45) is 6.60. The Morgan fingerprint density at radius 3 is 2.50 bits per heavy atom. The lowest BCUT2D eigenvalue weighted by atomic mass is 10.0. The molecule has 1 heterocycles. The summed E-state index contributed by atoms with van der Waals surface area (Å²) >= 11 is 0. The second kappa shape index (κ2) is 3.70. The number of nitrogens with zero attached hydrogens (tertiary/aromatic N) is 1. The van der Waals surface area contributed by atoms with Crippen LogP contribution in [0, 0.1) is 0 Å². The summed E-state index contributed by atoms with van der Waals surface area (Å²) in [5, 5.41) is 0. The van der Waals surface area contributed by atoms with E-state index in [9.17, 15) is 0 Å². The van der Waals surface area contributed by atoms with Gasteiger partial charge in [-0.25, -0.2) is 0 Å². The Morgan fingerprint density at radius 1 is 1.14 bits per heavy atom. The van der Waals surface area contributed by atoms with E-state index in [-0.39, 0.29) is 0 Å². The third-order valence-electron chi connectivity index (χ3n) is 2.53. The van der Waals surface area contributed by atoms with Crippen LogP contribution in [-0.4, -0.2) is 11.9 Å². The maximum Gasteiger partial charge on any atom is 0.0721 e. The number of hydrogen-bond acceptors (Lipinski definition) is 1. The number of rotatable bonds is 1. The molecule has 0 N–H and O–H groups in total. The minimum Gasteiger partial charge on any atom is -0.370 e. The molecule has 1 heteroatoms. The minimum absolute atomic E-state index is 0.389. The highest BCUT2D eigenvalue weighted by Gasteiger charge is 2.13. The zero-order valence-corrected chi connectivity index (χ0v) is 8.64. The Hall–Kier alpha value is -1.50. The van der Waals surface area contributed by atoms with Gasteiger partial charge in [0.15, 0.2) is 0 Å². The zero-order chi connectivity index (χ0) is 9.97. The maximum atomic E-state index is 2.24. The summed E-state index contributed by atoms with van der Waals surface area (Å²) in [6, 6.07) is 10.9. The predicted octanol–water partition coefficient (Wildman–Crippen LogP) is 3.13. The second-order valence-electron chi connectivity index (χ2n) is 3.75. The third-order valence-corrected chi connectivity index (χ3v) is 2.53. The first-order valence-corrected chi connectivity index (χ1v) is 4.91. The molecule has 72 valence electrons. The molecule has 0 amide bonds. The van der Waals surface area contributed by atoms with Crippen molar-refractivity contribution in [3.05, 3.63) is 59.8 Å². The topological polar surface area (TPSA) is 3.24 Å². The first-order valence-electron chi connectivity index (χ1n) is 4.91. The largest absolute Gasteiger partial charge is 0.370 e. The van der Waals surface area contributed by atoms with Gasteiger partial charge in [-0.05, 0) is 18.1 Å². The van der Waals surface area contributed by atoms with E-state index < -0.39 is 0 Å². The molecule has 0 saturated carbocycles. The monoisotopic (exact) mass is 185 g/mol. The number of allylic oxidation sites excluding steroid dienone is 2. The molecule has 1 unspecified atom stereocenters. The Bertz CT molecular complexity index is 362. The van der Waals surface area contributed by atoms with Crippen molar-refractivity contribution in [3.8, 4) is 0 Å². The van der Waals surface area contributed by atoms with Gasteiger partial charge < -0.3 is 4.90 Å². The van der Waals surface area contributed by atoms with Crippen molar-refractivity contribution in [2.75, 3.05) is 7.05 Å². The van der Waals surface area contributed by atoms with Crippen LogP contribution in [0.5, 0.6) is 0 Å². The van der Waals surface area contributed by atoms with Crippen molar-refractivity contribution >= 4 is 0 Å². The van der Waals surface area contributed by atoms with Crippen molar-refractivity contribution in [1.29, 1.82) is 0 Å². The van der Waals surface area contributed by atoms with Crippen LogP contribution in [0.25, 0.3) is 0 Å². The van der Waals surface area contributed by atoms with Gasteiger partial charge in [0.05, 0.1) is 6.04 Å². The normalized spacial score (nSPS) is 20.9. The highest BCUT2D eigenvalue weighted by molar-refractivity contribution is 5.30. The molecule has 0 aliphatic carbocycles. The summed E-state index contributed by atoms with van der Waals surface area (Å²) in [7, 11) is 2.12. The standard InChI is InChI=1S/C13H15N/c1-11-8-9-13(14(2)10-11)12-6-4-3-5-7-12/h3-10,13H,1-2H3. The van der Waals surface area contributed by atoms with Crippen LogP contribution in [0.1, 0.15) is 18.5 Å². The maximum absolute atomic E-state index is 2.24. The molecule has 2 rings (SSSR count). The average molecular weight is 185 g/mol. The molecule has 14 heavy (non-hydrogen) atoms. The Kier molecular flexibility index (Phi) is 2.40. The molecule has 1 aliphatic rings. The molecular formula is C13H15N. The van der Waals surface area contributed by atoms with Crippen molar-refractivity contribution in [2.24, 2.45) is 0 Å². The smallest absolute Gasteiger partial charge is 0.0721 e. The fourth-order valence-corrected chi connectivity index (χ4v) is 1.82. The Balaban J connectivity index is 2.26. The average Bonchev–Trinajstić information content (AvgIpc) is 2.19. The molecule has 1 nitrogen and oxygen atoms in total. The molecule has 0 saturated heterocycles. The molecule has 0 fully saturated rings. The van der Waals surface area contributed by atoms with Crippen molar-refractivity contribution in [3.63, 3.8) is 0 Å². The molecular weight excluding hydrogens is 170 g/mol. The van der Waals surface area contributed by atoms with Crippen molar-refractivity contribution in [2.45, 2.75) is 13.0 Å². The number of likely N-dealkylation sites (N-methyl/N-ethyl adjacent to an activating group) is 1. The van der Waals surface area contributed by atoms with E-state index in [1.54, 1.807) is 0 Å². The van der Waals surface area contributed by atoms with Crippen LogP contribution in [0.3, 0.4) is 0 Å². The molecule has 0 bridgehead atoms. The van der Waals surface area contributed by atoms with E-state index in [1.807, 2.05) is 0 Å². The molecule has 1 aromatic carbocycles. The van der Waals surface area contributed by atoms with E-state index in [2.05, 4.69) is 67.6 Å². The quantitative estimate of drug-likeness (QED) is 0.649. The van der Waals surface area contributed by atoms with Gasteiger partial charge in [0, 0.05) is 13.2 Å². The van der Waals surface area contributed by atoms with E-state index in [4.69, 9.17) is 0 Å². The zero-order valence-electron chi connectivity index (χ0n) is 8.64. The van der Waals surface area contributed by atoms with Gasteiger partial charge in [-0.15, -0.1) is 0 Å². The first kappa shape index (κ1) is 9.07. The highest BCUT2D eigenvalue weighted by Crippen LogP contribution is 2.25. The lowest BCUT2D eigenvalue weighted by Gasteiger charge is -2.28. The van der Waals surface area contributed by atoms with Crippen molar-refractivity contribution < 1.29 is 0 Å². The van der Waals surface area contributed by atoms with Crippen LogP contribution in [0.4, 0.5) is 0 Å². The van der Waals surface area contributed by atoms with Crippen molar-refractivity contribution in [1.82, 2.24) is 4.90 Å². The molecule has 0 spiro atoms. The van der Waals surface area contributed by atoms with E-state index in [0.717, 1.165) is 0 Å². The summed E-state index contributed by atoms with van der Waals surface area (Å²) in [5.41, 5.74) is 2.65. The fourth-order valence-electron chi connectivity index (χ4n) is 1.82. The van der Waals surface area contributed by atoms with E-state index in [1.165, 1.54) is 11.1 Å². The highest BCUT2D eigenvalue weighted by atomic mass is 15.1. The fraction of sp³-hybridized carbons (Fsp3) is 0.231. The first-order chi connectivity index (χ1) is 6.77. The van der Waals surface area contributed by atoms with Crippen LogP contribution >= 0.6 is 0 Å². The molecule has 1 aromatic rings.